The summed E-state index contributed by atoms with van der Waals surface area (Å²) in [5, 5.41) is 4.45. The Labute approximate surface area is 138 Å². The lowest BCUT2D eigenvalue weighted by molar-refractivity contribution is 0.536. The molecule has 1 atom stereocenters. The molecule has 0 saturated carbocycles. The predicted molar refractivity (Wildman–Crippen MR) is 92.9 cm³/mol. The molecule has 0 saturated heterocycles. The van der Waals surface area contributed by atoms with Gasteiger partial charge in [0.25, 0.3) is 0 Å². The fourth-order valence-electron chi connectivity index (χ4n) is 2.15. The second-order valence-electron chi connectivity index (χ2n) is 4.95. The molecule has 2 aromatic rings. The third-order valence-electron chi connectivity index (χ3n) is 3.19. The number of hydrogen-bond acceptors (Lipinski definition) is 2. The summed E-state index contributed by atoms with van der Waals surface area (Å²) >= 11 is 11.5. The van der Waals surface area contributed by atoms with E-state index in [9.17, 15) is 0 Å². The standard InChI is InChI=1S/C16H19BrClNS/c1-3-7-19-14(15-8-11(2)16(17)20-15)10-12-5-4-6-13(18)9-12/h4-6,8-9,14,19H,3,7,10H2,1-2H3. The maximum Gasteiger partial charge on any atom is 0.0731 e. The first kappa shape index (κ1) is 16.0. The molecule has 0 aliphatic heterocycles. The van der Waals surface area contributed by atoms with Crippen LogP contribution in [-0.4, -0.2) is 6.54 Å². The van der Waals surface area contributed by atoms with Gasteiger partial charge in [0, 0.05) is 15.9 Å². The average Bonchev–Trinajstić information content (AvgIpc) is 2.74. The van der Waals surface area contributed by atoms with Gasteiger partial charge in [-0.15, -0.1) is 11.3 Å². The van der Waals surface area contributed by atoms with Crippen molar-refractivity contribution < 1.29 is 0 Å². The molecule has 20 heavy (non-hydrogen) atoms. The third-order valence-corrected chi connectivity index (χ3v) is 5.67. The molecule has 1 nitrogen and oxygen atoms in total. The lowest BCUT2D eigenvalue weighted by atomic mass is 10.0. The summed E-state index contributed by atoms with van der Waals surface area (Å²) in [7, 11) is 0. The zero-order valence-corrected chi connectivity index (χ0v) is 14.9. The van der Waals surface area contributed by atoms with Gasteiger partial charge in [-0.3, -0.25) is 0 Å². The quantitative estimate of drug-likeness (QED) is 0.680. The zero-order valence-electron chi connectivity index (χ0n) is 11.7. The van der Waals surface area contributed by atoms with Gasteiger partial charge in [0.15, 0.2) is 0 Å². The molecule has 0 radical (unpaired) electrons. The van der Waals surface area contributed by atoms with Crippen LogP contribution in [0.1, 0.15) is 35.4 Å². The monoisotopic (exact) mass is 371 g/mol. The molecule has 2 rings (SSSR count). The van der Waals surface area contributed by atoms with E-state index in [-0.39, 0.29) is 0 Å². The largest absolute Gasteiger partial charge is 0.309 e. The van der Waals surface area contributed by atoms with Crippen LogP contribution >= 0.6 is 38.9 Å². The Morgan fingerprint density at radius 1 is 1.35 bits per heavy atom. The van der Waals surface area contributed by atoms with E-state index in [1.54, 1.807) is 0 Å². The maximum absolute atomic E-state index is 6.08. The number of halogens is 2. The van der Waals surface area contributed by atoms with Crippen molar-refractivity contribution >= 4 is 38.9 Å². The molecular formula is C16H19BrClNS. The summed E-state index contributed by atoms with van der Waals surface area (Å²) < 4.78 is 1.22. The van der Waals surface area contributed by atoms with E-state index in [1.165, 1.54) is 19.8 Å². The maximum atomic E-state index is 6.08. The molecule has 0 fully saturated rings. The molecule has 0 aliphatic rings. The summed E-state index contributed by atoms with van der Waals surface area (Å²) in [6.45, 7) is 5.36. The lowest BCUT2D eigenvalue weighted by Gasteiger charge is -2.17. The second-order valence-corrected chi connectivity index (χ2v) is 7.78. The Bertz CT molecular complexity index is 548. The predicted octanol–water partition coefficient (Wildman–Crippen LogP) is 5.76. The Hall–Kier alpha value is -0.350. The minimum Gasteiger partial charge on any atom is -0.309 e. The van der Waals surface area contributed by atoms with Gasteiger partial charge in [-0.05, 0) is 71.6 Å². The normalized spacial score (nSPS) is 12.6. The number of rotatable bonds is 6. The first-order chi connectivity index (χ1) is 9.60. The Kier molecular flexibility index (Phi) is 6.09. The highest BCUT2D eigenvalue weighted by molar-refractivity contribution is 9.11. The van der Waals surface area contributed by atoms with E-state index in [4.69, 9.17) is 11.6 Å². The number of aryl methyl sites for hydroxylation is 1. The highest BCUT2D eigenvalue weighted by atomic mass is 79.9. The Balaban J connectivity index is 2.19. The summed E-state index contributed by atoms with van der Waals surface area (Å²) in [5.41, 5.74) is 2.58. The van der Waals surface area contributed by atoms with Gasteiger partial charge in [0.05, 0.1) is 3.79 Å². The topological polar surface area (TPSA) is 12.0 Å². The fraction of sp³-hybridized carbons (Fsp3) is 0.375. The molecule has 1 aromatic heterocycles. The van der Waals surface area contributed by atoms with Crippen molar-refractivity contribution in [2.45, 2.75) is 32.7 Å². The van der Waals surface area contributed by atoms with E-state index in [0.717, 1.165) is 24.4 Å². The number of thiophene rings is 1. The minimum absolute atomic E-state index is 0.350. The molecule has 108 valence electrons. The van der Waals surface area contributed by atoms with E-state index < -0.39 is 0 Å². The van der Waals surface area contributed by atoms with Gasteiger partial charge in [-0.25, -0.2) is 0 Å². The van der Waals surface area contributed by atoms with Crippen LogP contribution in [-0.2, 0) is 6.42 Å². The smallest absolute Gasteiger partial charge is 0.0731 e. The van der Waals surface area contributed by atoms with Gasteiger partial charge in [0.2, 0.25) is 0 Å². The molecule has 1 aromatic carbocycles. The van der Waals surface area contributed by atoms with Crippen molar-refractivity contribution in [1.29, 1.82) is 0 Å². The fourth-order valence-corrected chi connectivity index (χ4v) is 4.01. The molecule has 1 unspecified atom stereocenters. The Morgan fingerprint density at radius 2 is 2.15 bits per heavy atom. The minimum atomic E-state index is 0.350. The first-order valence-corrected chi connectivity index (χ1v) is 8.82. The van der Waals surface area contributed by atoms with Gasteiger partial charge in [-0.2, -0.15) is 0 Å². The number of hydrogen-bond donors (Lipinski definition) is 1. The second kappa shape index (κ2) is 7.60. The first-order valence-electron chi connectivity index (χ1n) is 6.83. The van der Waals surface area contributed by atoms with Crippen LogP contribution in [0.4, 0.5) is 0 Å². The van der Waals surface area contributed by atoms with Crippen LogP contribution in [0.25, 0.3) is 0 Å². The van der Waals surface area contributed by atoms with Crippen LogP contribution in [0.2, 0.25) is 5.02 Å². The molecule has 1 N–H and O–H groups in total. The average molecular weight is 373 g/mol. The summed E-state index contributed by atoms with van der Waals surface area (Å²) in [4.78, 5) is 1.38. The van der Waals surface area contributed by atoms with Gasteiger partial charge < -0.3 is 5.32 Å². The molecule has 1 heterocycles. The molecular weight excluding hydrogens is 354 g/mol. The van der Waals surface area contributed by atoms with Crippen LogP contribution < -0.4 is 5.32 Å². The zero-order chi connectivity index (χ0) is 14.5. The van der Waals surface area contributed by atoms with Gasteiger partial charge in [-0.1, -0.05) is 30.7 Å². The number of benzene rings is 1. The van der Waals surface area contributed by atoms with Gasteiger partial charge in [0.1, 0.15) is 0 Å². The molecule has 4 heteroatoms. The van der Waals surface area contributed by atoms with Crippen LogP contribution in [0.3, 0.4) is 0 Å². The van der Waals surface area contributed by atoms with Crippen molar-refractivity contribution in [3.8, 4) is 0 Å². The van der Waals surface area contributed by atoms with Crippen LogP contribution in [0, 0.1) is 6.92 Å². The summed E-state index contributed by atoms with van der Waals surface area (Å²) in [6, 6.07) is 10.8. The highest BCUT2D eigenvalue weighted by Gasteiger charge is 2.15. The summed E-state index contributed by atoms with van der Waals surface area (Å²) in [5.74, 6) is 0. The van der Waals surface area contributed by atoms with Crippen molar-refractivity contribution in [3.05, 3.63) is 55.1 Å². The molecule has 0 aliphatic carbocycles. The Morgan fingerprint density at radius 3 is 2.75 bits per heavy atom. The van der Waals surface area contributed by atoms with Gasteiger partial charge >= 0.3 is 0 Å². The van der Waals surface area contributed by atoms with Crippen LogP contribution in [0.15, 0.2) is 34.1 Å². The van der Waals surface area contributed by atoms with Crippen LogP contribution in [0.5, 0.6) is 0 Å². The third kappa shape index (κ3) is 4.32. The lowest BCUT2D eigenvalue weighted by Crippen LogP contribution is -2.23. The van der Waals surface area contributed by atoms with E-state index >= 15 is 0 Å². The molecule has 0 spiro atoms. The van der Waals surface area contributed by atoms with Crippen molar-refractivity contribution in [2.75, 3.05) is 6.54 Å². The molecule has 0 amide bonds. The number of nitrogens with one attached hydrogen (secondary N) is 1. The van der Waals surface area contributed by atoms with Crippen molar-refractivity contribution in [1.82, 2.24) is 5.32 Å². The summed E-state index contributed by atoms with van der Waals surface area (Å²) in [6.07, 6.45) is 2.10. The SMILES string of the molecule is CCCNC(Cc1cccc(Cl)c1)c1cc(C)c(Br)s1. The van der Waals surface area contributed by atoms with Crippen molar-refractivity contribution in [2.24, 2.45) is 0 Å². The highest BCUT2D eigenvalue weighted by Crippen LogP contribution is 2.33. The molecule has 0 bridgehead atoms. The van der Waals surface area contributed by atoms with E-state index in [2.05, 4.69) is 53.3 Å². The van der Waals surface area contributed by atoms with Crippen molar-refractivity contribution in [3.63, 3.8) is 0 Å². The van der Waals surface area contributed by atoms with E-state index in [0.29, 0.717) is 6.04 Å². The van der Waals surface area contributed by atoms with E-state index in [1.807, 2.05) is 23.5 Å².